The molecule has 7 nitrogen and oxygen atoms in total. The lowest BCUT2D eigenvalue weighted by molar-refractivity contribution is 0.0939. The zero-order chi connectivity index (χ0) is 19.4. The summed E-state index contributed by atoms with van der Waals surface area (Å²) >= 11 is 0. The van der Waals surface area contributed by atoms with Crippen LogP contribution in [-0.2, 0) is 10.0 Å². The summed E-state index contributed by atoms with van der Waals surface area (Å²) in [7, 11) is -3.79. The summed E-state index contributed by atoms with van der Waals surface area (Å²) in [6.07, 6.45) is 0.817. The molecular formula is C19H22N2O5S. The molecule has 1 amide bonds. The van der Waals surface area contributed by atoms with E-state index < -0.39 is 10.0 Å². The van der Waals surface area contributed by atoms with Crippen LogP contribution < -0.4 is 19.5 Å². The van der Waals surface area contributed by atoms with E-state index in [1.807, 2.05) is 13.8 Å². The van der Waals surface area contributed by atoms with E-state index in [0.29, 0.717) is 36.0 Å². The molecule has 0 spiro atoms. The van der Waals surface area contributed by atoms with Crippen LogP contribution in [-0.4, -0.2) is 33.6 Å². The van der Waals surface area contributed by atoms with Crippen LogP contribution in [0.1, 0.15) is 30.6 Å². The zero-order valence-electron chi connectivity index (χ0n) is 15.2. The third kappa shape index (κ3) is 4.51. The van der Waals surface area contributed by atoms with Crippen LogP contribution in [0.5, 0.6) is 11.5 Å². The van der Waals surface area contributed by atoms with E-state index in [0.717, 1.165) is 6.42 Å². The summed E-state index contributed by atoms with van der Waals surface area (Å²) < 4.78 is 38.6. The maximum atomic E-state index is 12.6. The molecule has 144 valence electrons. The van der Waals surface area contributed by atoms with Gasteiger partial charge >= 0.3 is 0 Å². The van der Waals surface area contributed by atoms with E-state index >= 15 is 0 Å². The smallest absolute Gasteiger partial charge is 0.261 e. The second-order valence-electron chi connectivity index (χ2n) is 6.27. The van der Waals surface area contributed by atoms with Gasteiger partial charge in [-0.2, -0.15) is 0 Å². The Hall–Kier alpha value is -2.74. The third-order valence-electron chi connectivity index (χ3n) is 4.21. The molecule has 2 aromatic rings. The molecule has 1 aliphatic rings. The lowest BCUT2D eigenvalue weighted by atomic mass is 10.2. The van der Waals surface area contributed by atoms with Crippen molar-refractivity contribution in [1.82, 2.24) is 5.32 Å². The fraction of sp³-hybridized carbons (Fsp3) is 0.316. The summed E-state index contributed by atoms with van der Waals surface area (Å²) in [4.78, 5) is 12.2. The maximum Gasteiger partial charge on any atom is 0.261 e. The van der Waals surface area contributed by atoms with Crippen LogP contribution in [0.4, 0.5) is 5.69 Å². The van der Waals surface area contributed by atoms with Gasteiger partial charge in [0.25, 0.3) is 15.9 Å². The van der Waals surface area contributed by atoms with Crippen LogP contribution in [0.3, 0.4) is 0 Å². The third-order valence-corrected chi connectivity index (χ3v) is 5.61. The standard InChI is InChI=1S/C19H22N2O5S/c1-3-13(2)20-19(22)14-4-7-16(8-5-14)27(23,24)21-15-6-9-17-18(12-15)26-11-10-25-17/h4-9,12-13,21H,3,10-11H2,1-2H3,(H,20,22). The predicted octanol–water partition coefficient (Wildman–Crippen LogP) is 2.79. The summed E-state index contributed by atoms with van der Waals surface area (Å²) in [6, 6.07) is 10.7. The van der Waals surface area contributed by atoms with E-state index in [4.69, 9.17) is 9.47 Å². The highest BCUT2D eigenvalue weighted by Crippen LogP contribution is 2.33. The first-order valence-corrected chi connectivity index (χ1v) is 10.2. The molecule has 1 heterocycles. The molecule has 0 radical (unpaired) electrons. The molecule has 0 aliphatic carbocycles. The number of nitrogens with one attached hydrogen (secondary N) is 2. The van der Waals surface area contributed by atoms with Crippen LogP contribution in [0.2, 0.25) is 0 Å². The Morgan fingerprint density at radius 2 is 1.74 bits per heavy atom. The minimum absolute atomic E-state index is 0.0535. The second-order valence-corrected chi connectivity index (χ2v) is 7.95. The number of carbonyl (C=O) groups is 1. The molecule has 1 atom stereocenters. The molecular weight excluding hydrogens is 368 g/mol. The molecule has 0 bridgehead atoms. The van der Waals surface area contributed by atoms with Crippen molar-refractivity contribution in [2.24, 2.45) is 0 Å². The van der Waals surface area contributed by atoms with Gasteiger partial charge in [-0.3, -0.25) is 9.52 Å². The molecule has 27 heavy (non-hydrogen) atoms. The van der Waals surface area contributed by atoms with E-state index in [-0.39, 0.29) is 16.8 Å². The highest BCUT2D eigenvalue weighted by molar-refractivity contribution is 7.92. The molecule has 3 rings (SSSR count). The van der Waals surface area contributed by atoms with Crippen LogP contribution in [0.25, 0.3) is 0 Å². The molecule has 2 aromatic carbocycles. The van der Waals surface area contributed by atoms with Crippen LogP contribution >= 0.6 is 0 Å². The van der Waals surface area contributed by atoms with Gasteiger partial charge in [0.05, 0.1) is 10.6 Å². The Labute approximate surface area is 158 Å². The van der Waals surface area contributed by atoms with Gasteiger partial charge < -0.3 is 14.8 Å². The van der Waals surface area contributed by atoms with Crippen molar-refractivity contribution in [2.45, 2.75) is 31.2 Å². The first kappa shape index (κ1) is 19.0. The quantitative estimate of drug-likeness (QED) is 0.791. The van der Waals surface area contributed by atoms with Gasteiger partial charge in [0, 0.05) is 17.7 Å². The summed E-state index contributed by atoms with van der Waals surface area (Å²) in [5.74, 6) is 0.854. The number of hydrogen-bond acceptors (Lipinski definition) is 5. The number of carbonyl (C=O) groups excluding carboxylic acids is 1. The number of amides is 1. The van der Waals surface area contributed by atoms with Gasteiger partial charge in [-0.1, -0.05) is 6.92 Å². The van der Waals surface area contributed by atoms with Crippen LogP contribution in [0.15, 0.2) is 47.4 Å². The van der Waals surface area contributed by atoms with Gasteiger partial charge in [-0.15, -0.1) is 0 Å². The van der Waals surface area contributed by atoms with Crippen molar-refractivity contribution in [1.29, 1.82) is 0 Å². The molecule has 0 fully saturated rings. The number of ether oxygens (including phenoxy) is 2. The Balaban J connectivity index is 1.74. The monoisotopic (exact) mass is 390 g/mol. The van der Waals surface area contributed by atoms with Gasteiger partial charge in [0.1, 0.15) is 13.2 Å². The normalized spacial score (nSPS) is 14.3. The van der Waals surface area contributed by atoms with Crippen molar-refractivity contribution in [3.8, 4) is 11.5 Å². The Morgan fingerprint density at radius 1 is 1.07 bits per heavy atom. The molecule has 0 saturated heterocycles. The Kier molecular flexibility index (Phi) is 5.55. The van der Waals surface area contributed by atoms with Gasteiger partial charge in [-0.25, -0.2) is 8.42 Å². The Morgan fingerprint density at radius 3 is 2.41 bits per heavy atom. The van der Waals surface area contributed by atoms with Crippen molar-refractivity contribution in [3.63, 3.8) is 0 Å². The largest absolute Gasteiger partial charge is 0.486 e. The fourth-order valence-electron chi connectivity index (χ4n) is 2.52. The predicted molar refractivity (Wildman–Crippen MR) is 102 cm³/mol. The van der Waals surface area contributed by atoms with E-state index in [1.54, 1.807) is 18.2 Å². The first-order chi connectivity index (χ1) is 12.9. The number of fused-ring (bicyclic) bond motifs is 1. The van der Waals surface area contributed by atoms with Crippen molar-refractivity contribution in [3.05, 3.63) is 48.0 Å². The summed E-state index contributed by atoms with van der Waals surface area (Å²) in [5.41, 5.74) is 0.784. The molecule has 1 unspecified atom stereocenters. The lowest BCUT2D eigenvalue weighted by Gasteiger charge is -2.19. The van der Waals surface area contributed by atoms with E-state index in [9.17, 15) is 13.2 Å². The van der Waals surface area contributed by atoms with Crippen LogP contribution in [0, 0.1) is 0 Å². The van der Waals surface area contributed by atoms with Gasteiger partial charge in [-0.05, 0) is 49.7 Å². The number of hydrogen-bond donors (Lipinski definition) is 2. The minimum atomic E-state index is -3.79. The van der Waals surface area contributed by atoms with Crippen molar-refractivity contribution >= 4 is 21.6 Å². The molecule has 1 aliphatic heterocycles. The molecule has 0 aromatic heterocycles. The van der Waals surface area contributed by atoms with Gasteiger partial charge in [0.2, 0.25) is 0 Å². The number of rotatable bonds is 6. The minimum Gasteiger partial charge on any atom is -0.486 e. The summed E-state index contributed by atoms with van der Waals surface area (Å²) in [5, 5.41) is 2.84. The lowest BCUT2D eigenvalue weighted by Crippen LogP contribution is -2.31. The van der Waals surface area contributed by atoms with Crippen molar-refractivity contribution < 1.29 is 22.7 Å². The zero-order valence-corrected chi connectivity index (χ0v) is 16.0. The van der Waals surface area contributed by atoms with E-state index in [2.05, 4.69) is 10.0 Å². The highest BCUT2D eigenvalue weighted by atomic mass is 32.2. The topological polar surface area (TPSA) is 93.7 Å². The number of sulfonamides is 1. The first-order valence-electron chi connectivity index (χ1n) is 8.72. The van der Waals surface area contributed by atoms with E-state index in [1.165, 1.54) is 24.3 Å². The fourth-order valence-corrected chi connectivity index (χ4v) is 3.57. The average molecular weight is 390 g/mol. The molecule has 2 N–H and O–H groups in total. The Bertz CT molecular complexity index is 926. The highest BCUT2D eigenvalue weighted by Gasteiger charge is 2.18. The number of benzene rings is 2. The molecule has 8 heteroatoms. The van der Waals surface area contributed by atoms with Gasteiger partial charge in [0.15, 0.2) is 11.5 Å². The SMILES string of the molecule is CCC(C)NC(=O)c1ccc(S(=O)(=O)Nc2ccc3c(c2)OCCO3)cc1. The summed E-state index contributed by atoms with van der Waals surface area (Å²) in [6.45, 7) is 4.77. The maximum absolute atomic E-state index is 12.6. The molecule has 0 saturated carbocycles. The van der Waals surface area contributed by atoms with Crippen molar-refractivity contribution in [2.75, 3.05) is 17.9 Å². The number of anilines is 1. The second kappa shape index (κ2) is 7.87. The average Bonchev–Trinajstić information content (AvgIpc) is 2.67.